The van der Waals surface area contributed by atoms with Crippen molar-refractivity contribution in [1.29, 1.82) is 0 Å². The van der Waals surface area contributed by atoms with Crippen molar-refractivity contribution in [3.63, 3.8) is 0 Å². The van der Waals surface area contributed by atoms with E-state index >= 15 is 0 Å². The lowest BCUT2D eigenvalue weighted by Crippen LogP contribution is -2.35. The van der Waals surface area contributed by atoms with Crippen LogP contribution in [0.15, 0.2) is 109 Å². The van der Waals surface area contributed by atoms with Gasteiger partial charge in [-0.2, -0.15) is 0 Å². The number of para-hydroxylation sites is 1. The third kappa shape index (κ3) is 2.99. The molecule has 3 heteroatoms. The average Bonchev–Trinajstić information content (AvgIpc) is 2.97. The number of ether oxygens (including phenoxy) is 3. The molecule has 2 aliphatic heterocycles. The van der Waals surface area contributed by atoms with Crippen molar-refractivity contribution in [2.24, 2.45) is 0 Å². The van der Waals surface area contributed by atoms with Crippen LogP contribution in [0.2, 0.25) is 0 Å². The topological polar surface area (TPSA) is 27.7 Å². The maximum absolute atomic E-state index is 7.18. The molecule has 3 nitrogen and oxygen atoms in total. The summed E-state index contributed by atoms with van der Waals surface area (Å²) in [5.74, 6) is 2.60. The summed E-state index contributed by atoms with van der Waals surface area (Å²) in [6.07, 6.45) is 4.40. The molecule has 1 unspecified atom stereocenters. The van der Waals surface area contributed by atoms with Crippen molar-refractivity contribution in [1.82, 2.24) is 0 Å². The first-order valence-electron chi connectivity index (χ1n) is 12.2. The zero-order valence-corrected chi connectivity index (χ0v) is 19.9. The summed E-state index contributed by atoms with van der Waals surface area (Å²) < 4.78 is 18.9. The van der Waals surface area contributed by atoms with Gasteiger partial charge in [-0.3, -0.25) is 0 Å². The molecule has 2 heterocycles. The van der Waals surface area contributed by atoms with Crippen LogP contribution in [0.3, 0.4) is 0 Å². The molecule has 5 aromatic rings. The van der Waals surface area contributed by atoms with E-state index in [-0.39, 0.29) is 0 Å². The van der Waals surface area contributed by atoms with Gasteiger partial charge in [0.2, 0.25) is 0 Å². The Bertz CT molecular complexity index is 1630. The van der Waals surface area contributed by atoms with Crippen LogP contribution in [0.5, 0.6) is 17.2 Å². The first kappa shape index (κ1) is 20.8. The fourth-order valence-corrected chi connectivity index (χ4v) is 5.57. The number of fused-ring (bicyclic) bond motifs is 8. The SMILES string of the molecule is COc1ccc(C2(c3ccccc3)C=Cc3c(c4c(c5ccccc35)-c3ccccc3OC4)O2)cc1. The molecule has 0 aliphatic carbocycles. The Balaban J connectivity index is 1.52. The van der Waals surface area contributed by atoms with E-state index in [1.807, 2.05) is 30.3 Å². The molecular weight excluding hydrogens is 444 g/mol. The zero-order chi connectivity index (χ0) is 24.1. The molecule has 0 saturated carbocycles. The fraction of sp³-hybridized carbons (Fsp3) is 0.0909. The van der Waals surface area contributed by atoms with Crippen LogP contribution in [0, 0.1) is 0 Å². The fourth-order valence-electron chi connectivity index (χ4n) is 5.57. The second-order valence-electron chi connectivity index (χ2n) is 9.19. The summed E-state index contributed by atoms with van der Waals surface area (Å²) in [6.45, 7) is 0.459. The van der Waals surface area contributed by atoms with Crippen LogP contribution in [0.25, 0.3) is 28.0 Å². The van der Waals surface area contributed by atoms with Crippen LogP contribution in [-0.4, -0.2) is 7.11 Å². The van der Waals surface area contributed by atoms with E-state index in [9.17, 15) is 0 Å². The third-order valence-electron chi connectivity index (χ3n) is 7.30. The molecule has 1 atom stereocenters. The van der Waals surface area contributed by atoms with Crippen molar-refractivity contribution < 1.29 is 14.2 Å². The minimum absolute atomic E-state index is 0.459. The summed E-state index contributed by atoms with van der Waals surface area (Å²) >= 11 is 0. The highest BCUT2D eigenvalue weighted by atomic mass is 16.5. The monoisotopic (exact) mass is 468 g/mol. The van der Waals surface area contributed by atoms with Crippen molar-refractivity contribution in [3.8, 4) is 28.4 Å². The van der Waals surface area contributed by atoms with Crippen LogP contribution in [0.1, 0.15) is 22.3 Å². The summed E-state index contributed by atoms with van der Waals surface area (Å²) in [5.41, 5.74) is 5.79. The Morgan fingerprint density at radius 2 is 1.42 bits per heavy atom. The lowest BCUT2D eigenvalue weighted by molar-refractivity contribution is 0.155. The normalized spacial score (nSPS) is 17.4. The van der Waals surface area contributed by atoms with Crippen molar-refractivity contribution in [2.75, 3.05) is 7.11 Å². The predicted octanol–water partition coefficient (Wildman–Crippen LogP) is 7.76. The first-order valence-corrected chi connectivity index (χ1v) is 12.2. The molecule has 174 valence electrons. The summed E-state index contributed by atoms with van der Waals surface area (Å²) in [5, 5.41) is 2.39. The lowest BCUT2D eigenvalue weighted by Gasteiger charge is -2.38. The molecule has 0 N–H and O–H groups in total. The van der Waals surface area contributed by atoms with Crippen LogP contribution in [0.4, 0.5) is 0 Å². The van der Waals surface area contributed by atoms with Gasteiger partial charge >= 0.3 is 0 Å². The smallest absolute Gasteiger partial charge is 0.178 e. The van der Waals surface area contributed by atoms with Gasteiger partial charge in [-0.25, -0.2) is 0 Å². The van der Waals surface area contributed by atoms with Crippen LogP contribution in [-0.2, 0) is 12.2 Å². The number of methoxy groups -OCH3 is 1. The highest BCUT2D eigenvalue weighted by molar-refractivity contribution is 6.06. The predicted molar refractivity (Wildman–Crippen MR) is 144 cm³/mol. The minimum Gasteiger partial charge on any atom is -0.497 e. The Morgan fingerprint density at radius 3 is 2.22 bits per heavy atom. The van der Waals surface area contributed by atoms with E-state index in [2.05, 4.69) is 84.9 Å². The zero-order valence-electron chi connectivity index (χ0n) is 19.9. The molecular formula is C33H24O3. The lowest BCUT2D eigenvalue weighted by atomic mass is 9.81. The number of hydrogen-bond donors (Lipinski definition) is 0. The van der Waals surface area contributed by atoms with E-state index < -0.39 is 5.60 Å². The Labute approximate surface area is 210 Å². The number of hydrogen-bond acceptors (Lipinski definition) is 3. The summed E-state index contributed by atoms with van der Waals surface area (Å²) in [4.78, 5) is 0. The van der Waals surface area contributed by atoms with E-state index in [1.54, 1.807) is 7.11 Å². The number of benzene rings is 5. The van der Waals surface area contributed by atoms with Gasteiger partial charge in [-0.05, 0) is 41.1 Å². The molecule has 0 radical (unpaired) electrons. The molecule has 0 bridgehead atoms. The van der Waals surface area contributed by atoms with Gasteiger partial charge in [0.15, 0.2) is 5.60 Å². The quantitative estimate of drug-likeness (QED) is 0.271. The second kappa shape index (κ2) is 8.03. The Kier molecular flexibility index (Phi) is 4.65. The second-order valence-corrected chi connectivity index (χ2v) is 9.19. The number of rotatable bonds is 3. The highest BCUT2D eigenvalue weighted by Gasteiger charge is 2.39. The molecule has 0 amide bonds. The average molecular weight is 469 g/mol. The molecule has 0 saturated heterocycles. The summed E-state index contributed by atoms with van der Waals surface area (Å²) in [6, 6.07) is 35.4. The third-order valence-corrected chi connectivity index (χ3v) is 7.30. The van der Waals surface area contributed by atoms with Gasteiger partial charge in [-0.15, -0.1) is 0 Å². The molecule has 36 heavy (non-hydrogen) atoms. The van der Waals surface area contributed by atoms with Gasteiger partial charge in [0, 0.05) is 33.4 Å². The molecule has 5 aromatic carbocycles. The van der Waals surface area contributed by atoms with E-state index in [4.69, 9.17) is 14.2 Å². The summed E-state index contributed by atoms with van der Waals surface area (Å²) in [7, 11) is 1.68. The molecule has 7 rings (SSSR count). The largest absolute Gasteiger partial charge is 0.497 e. The highest BCUT2D eigenvalue weighted by Crippen LogP contribution is 2.52. The van der Waals surface area contributed by atoms with Gasteiger partial charge in [0.25, 0.3) is 0 Å². The molecule has 2 aliphatic rings. The van der Waals surface area contributed by atoms with Crippen LogP contribution >= 0.6 is 0 Å². The first-order chi connectivity index (χ1) is 17.8. The maximum atomic E-state index is 7.18. The van der Waals surface area contributed by atoms with Gasteiger partial charge < -0.3 is 14.2 Å². The van der Waals surface area contributed by atoms with Gasteiger partial charge in [0.1, 0.15) is 23.9 Å². The molecule has 0 aromatic heterocycles. The van der Waals surface area contributed by atoms with Crippen molar-refractivity contribution >= 4 is 16.8 Å². The Morgan fingerprint density at radius 1 is 0.722 bits per heavy atom. The maximum Gasteiger partial charge on any atom is 0.178 e. The van der Waals surface area contributed by atoms with Gasteiger partial charge in [0.05, 0.1) is 7.11 Å². The Hall–Kier alpha value is -4.50. The standard InChI is InChI=1S/C33H24O3/c1-34-24-17-15-23(16-18-24)33(22-9-3-2-4-10-22)20-19-27-25-11-5-6-12-26(25)31-28-13-7-8-14-30(28)35-21-29(31)32(27)36-33/h2-20H,21H2,1H3. The van der Waals surface area contributed by atoms with E-state index in [1.165, 1.54) is 16.3 Å². The minimum atomic E-state index is -0.784. The van der Waals surface area contributed by atoms with Gasteiger partial charge in [-0.1, -0.05) is 84.9 Å². The molecule has 0 spiro atoms. The van der Waals surface area contributed by atoms with Crippen molar-refractivity contribution in [3.05, 3.63) is 131 Å². The van der Waals surface area contributed by atoms with E-state index in [0.29, 0.717) is 6.61 Å². The van der Waals surface area contributed by atoms with Crippen LogP contribution < -0.4 is 14.2 Å². The molecule has 0 fully saturated rings. The van der Waals surface area contributed by atoms with E-state index in [0.717, 1.165) is 45.1 Å². The van der Waals surface area contributed by atoms with Crippen molar-refractivity contribution in [2.45, 2.75) is 12.2 Å².